The van der Waals surface area contributed by atoms with Gasteiger partial charge < -0.3 is 24.6 Å². The van der Waals surface area contributed by atoms with Crippen LogP contribution in [0.4, 0.5) is 5.82 Å². The maximum Gasteiger partial charge on any atom is 0.293 e. The molecule has 212 valence electrons. The summed E-state index contributed by atoms with van der Waals surface area (Å²) in [5, 5.41) is 32.8. The number of unbranched alkanes of at least 4 members (excludes halogenated alkanes) is 2. The van der Waals surface area contributed by atoms with Gasteiger partial charge in [-0.05, 0) is 44.7 Å². The summed E-state index contributed by atoms with van der Waals surface area (Å²) in [6.07, 6.45) is 6.78. The number of hydrogen-bond acceptors (Lipinski definition) is 9. The van der Waals surface area contributed by atoms with E-state index in [2.05, 4.69) is 40.2 Å². The molecular weight excluding hydrogens is 484 g/mol. The summed E-state index contributed by atoms with van der Waals surface area (Å²) >= 11 is 0. The predicted octanol–water partition coefficient (Wildman–Crippen LogP) is 6.28. The van der Waals surface area contributed by atoms with Gasteiger partial charge in [-0.1, -0.05) is 47.0 Å². The van der Waals surface area contributed by atoms with Crippen LogP contribution in [0.3, 0.4) is 0 Å². The summed E-state index contributed by atoms with van der Waals surface area (Å²) in [6, 6.07) is 7.60. The maximum absolute atomic E-state index is 10.5. The van der Waals surface area contributed by atoms with Gasteiger partial charge in [0.15, 0.2) is 5.82 Å². The highest BCUT2D eigenvalue weighted by molar-refractivity contribution is 5.74. The Morgan fingerprint density at radius 3 is 2.37 bits per heavy atom. The second kappa shape index (κ2) is 21.7. The number of carbonyl (C=O) groups excluding carboxylic acids is 1. The molecule has 0 spiro atoms. The number of benzene rings is 1. The average molecular weight is 531 g/mol. The van der Waals surface area contributed by atoms with Crippen molar-refractivity contribution < 1.29 is 24.1 Å². The van der Waals surface area contributed by atoms with Gasteiger partial charge in [-0.3, -0.25) is 4.79 Å². The summed E-state index contributed by atoms with van der Waals surface area (Å²) in [6.45, 7) is 11.6. The smallest absolute Gasteiger partial charge is 0.293 e. The van der Waals surface area contributed by atoms with Crippen LogP contribution in [-0.4, -0.2) is 55.3 Å². The summed E-state index contributed by atoms with van der Waals surface area (Å²) in [4.78, 5) is 9.18. The summed E-state index contributed by atoms with van der Waals surface area (Å²) in [7, 11) is 3.20. The topological polar surface area (TPSA) is 127 Å². The van der Waals surface area contributed by atoms with Crippen LogP contribution in [0, 0.1) is 11.3 Å². The predicted molar refractivity (Wildman–Crippen MR) is 151 cm³/mol. The van der Waals surface area contributed by atoms with E-state index in [1.807, 2.05) is 13.8 Å². The lowest BCUT2D eigenvalue weighted by Crippen LogP contribution is -2.21. The lowest BCUT2D eigenvalue weighted by molar-refractivity contribution is -0.128. The molecule has 0 aliphatic heterocycles. The Balaban J connectivity index is 0.00000175. The highest BCUT2D eigenvalue weighted by Gasteiger charge is 2.21. The number of aromatic hydroxyl groups is 1. The highest BCUT2D eigenvalue weighted by Crippen LogP contribution is 2.36. The van der Waals surface area contributed by atoms with Crippen molar-refractivity contribution in [2.24, 2.45) is 0 Å². The molecule has 0 aliphatic rings. The number of anilines is 1. The molecule has 2 rings (SSSR count). The maximum atomic E-state index is 10.5. The van der Waals surface area contributed by atoms with E-state index < -0.39 is 0 Å². The molecule has 0 amide bonds. The Hall–Kier alpha value is -3.38. The van der Waals surface area contributed by atoms with Crippen molar-refractivity contribution in [3.63, 3.8) is 0 Å². The van der Waals surface area contributed by atoms with E-state index in [0.29, 0.717) is 54.5 Å². The van der Waals surface area contributed by atoms with Crippen molar-refractivity contribution in [1.29, 1.82) is 5.26 Å². The number of rotatable bonds is 15. The van der Waals surface area contributed by atoms with E-state index in [9.17, 15) is 15.2 Å². The lowest BCUT2D eigenvalue weighted by Gasteiger charge is -2.20. The van der Waals surface area contributed by atoms with Gasteiger partial charge in [0.25, 0.3) is 6.47 Å². The zero-order valence-corrected chi connectivity index (χ0v) is 24.2. The van der Waals surface area contributed by atoms with E-state index in [1.54, 1.807) is 33.3 Å². The second-order valence-corrected chi connectivity index (χ2v) is 8.14. The van der Waals surface area contributed by atoms with Crippen molar-refractivity contribution in [2.75, 3.05) is 32.8 Å². The van der Waals surface area contributed by atoms with Crippen molar-refractivity contribution >= 4 is 12.3 Å². The van der Waals surface area contributed by atoms with Gasteiger partial charge in [0.2, 0.25) is 0 Å². The number of nitrogens with zero attached hydrogens (tertiary/aromatic N) is 3. The van der Waals surface area contributed by atoms with Crippen molar-refractivity contribution in [3.8, 4) is 28.8 Å². The molecule has 0 saturated heterocycles. The monoisotopic (exact) mass is 530 g/mol. The summed E-state index contributed by atoms with van der Waals surface area (Å²) in [5.41, 5.74) is 2.28. The van der Waals surface area contributed by atoms with Crippen LogP contribution in [0.5, 0.6) is 11.5 Å². The third-order valence-electron chi connectivity index (χ3n) is 5.65. The van der Waals surface area contributed by atoms with Gasteiger partial charge >= 0.3 is 0 Å². The first-order chi connectivity index (χ1) is 18.5. The van der Waals surface area contributed by atoms with Gasteiger partial charge in [-0.25, -0.2) is 0 Å². The first kappa shape index (κ1) is 34.6. The van der Waals surface area contributed by atoms with E-state index in [0.717, 1.165) is 31.2 Å². The zero-order chi connectivity index (χ0) is 28.8. The number of nitriles is 1. The number of aromatic nitrogens is 2. The van der Waals surface area contributed by atoms with Gasteiger partial charge in [0, 0.05) is 37.0 Å². The summed E-state index contributed by atoms with van der Waals surface area (Å²) < 4.78 is 14.5. The molecule has 0 radical (unpaired) electrons. The van der Waals surface area contributed by atoms with Gasteiger partial charge in [0.05, 0.1) is 13.7 Å². The van der Waals surface area contributed by atoms with Crippen LogP contribution in [0.1, 0.15) is 84.3 Å². The minimum atomic E-state index is 0.0391. The zero-order valence-electron chi connectivity index (χ0n) is 24.2. The Morgan fingerprint density at radius 2 is 1.87 bits per heavy atom. The first-order valence-electron chi connectivity index (χ1n) is 13.5. The van der Waals surface area contributed by atoms with Crippen LogP contribution in [0.2, 0.25) is 0 Å². The Morgan fingerprint density at radius 1 is 1.13 bits per heavy atom. The Kier molecular flexibility index (Phi) is 19.8. The second-order valence-electron chi connectivity index (χ2n) is 8.14. The average Bonchev–Trinajstić information content (AvgIpc) is 2.94. The molecular formula is C29H46N4O5. The standard InChI is InChI=1S/C24H34N4O3.C3H6O2.C2H6/c1-5-7-8-10-17(6-2)26-24-21(16-25)19(11-9-14-30-3)23(27-28-24)20-13-12-18(31-4)15-22(20)29;1-2-5-3-4;1-2/h12-13,15,17,29H,5-11,14H2,1-4H3,(H,26,28);3H,2H2,1H3;1-2H3. The van der Waals surface area contributed by atoms with Gasteiger partial charge in [-0.15, -0.1) is 10.2 Å². The molecule has 0 aliphatic carbocycles. The van der Waals surface area contributed by atoms with E-state index in [1.165, 1.54) is 18.9 Å². The van der Waals surface area contributed by atoms with Crippen LogP contribution >= 0.6 is 0 Å². The molecule has 1 heterocycles. The fourth-order valence-electron chi connectivity index (χ4n) is 3.67. The third-order valence-corrected chi connectivity index (χ3v) is 5.65. The molecule has 9 nitrogen and oxygen atoms in total. The molecule has 9 heteroatoms. The number of phenols is 1. The molecule has 1 atom stereocenters. The first-order valence-corrected chi connectivity index (χ1v) is 13.5. The van der Waals surface area contributed by atoms with Gasteiger partial charge in [-0.2, -0.15) is 5.26 Å². The number of carbonyl (C=O) groups is 1. The fraction of sp³-hybridized carbons (Fsp3) is 0.586. The number of ether oxygens (including phenoxy) is 3. The van der Waals surface area contributed by atoms with E-state index >= 15 is 0 Å². The van der Waals surface area contributed by atoms with Crippen molar-refractivity contribution in [1.82, 2.24) is 10.2 Å². The number of nitrogens with one attached hydrogen (secondary N) is 1. The van der Waals surface area contributed by atoms with Crippen LogP contribution in [-0.2, 0) is 20.7 Å². The van der Waals surface area contributed by atoms with Crippen molar-refractivity contribution in [2.45, 2.75) is 85.6 Å². The Bertz CT molecular complexity index is 963. The molecule has 38 heavy (non-hydrogen) atoms. The SMILES string of the molecule is CC.CCCCCC(CC)Nc1nnc(-c2ccc(OC)cc2O)c(CCCOC)c1C#N.CCOC=O. The molecule has 2 aromatic rings. The third kappa shape index (κ3) is 11.8. The van der Waals surface area contributed by atoms with Crippen molar-refractivity contribution in [3.05, 3.63) is 29.3 Å². The quantitative estimate of drug-likeness (QED) is 0.202. The fourth-order valence-corrected chi connectivity index (χ4v) is 3.67. The molecule has 0 saturated carbocycles. The number of phenolic OH excluding ortho intramolecular Hbond substituents is 1. The molecule has 1 aromatic heterocycles. The molecule has 1 unspecified atom stereocenters. The van der Waals surface area contributed by atoms with Gasteiger partial charge in [0.1, 0.15) is 28.8 Å². The van der Waals surface area contributed by atoms with Crippen LogP contribution in [0.15, 0.2) is 18.2 Å². The molecule has 0 bridgehead atoms. The molecule has 1 aromatic carbocycles. The minimum absolute atomic E-state index is 0.0391. The number of methoxy groups -OCH3 is 2. The largest absolute Gasteiger partial charge is 0.507 e. The molecule has 0 fully saturated rings. The minimum Gasteiger partial charge on any atom is -0.507 e. The van der Waals surface area contributed by atoms with E-state index in [-0.39, 0.29) is 11.8 Å². The highest BCUT2D eigenvalue weighted by atomic mass is 16.5. The molecule has 2 N–H and O–H groups in total. The van der Waals surface area contributed by atoms with Crippen LogP contribution < -0.4 is 10.1 Å². The number of hydrogen-bond donors (Lipinski definition) is 2. The Labute approximate surface area is 228 Å². The normalized spacial score (nSPS) is 10.6. The van der Waals surface area contributed by atoms with E-state index in [4.69, 9.17) is 9.47 Å². The van der Waals surface area contributed by atoms with Crippen LogP contribution in [0.25, 0.3) is 11.3 Å². The lowest BCUT2D eigenvalue weighted by atomic mass is 9.97. The summed E-state index contributed by atoms with van der Waals surface area (Å²) in [5.74, 6) is 1.10.